The molecule has 30 heavy (non-hydrogen) atoms. The fourth-order valence-electron chi connectivity index (χ4n) is 3.97. The minimum atomic E-state index is -0.736. The number of ether oxygens (including phenoxy) is 1. The molecule has 0 amide bonds. The van der Waals surface area contributed by atoms with Crippen molar-refractivity contribution < 1.29 is 14.6 Å². The highest BCUT2D eigenvalue weighted by atomic mass is 32.1. The summed E-state index contributed by atoms with van der Waals surface area (Å²) in [6, 6.07) is 9.92. The number of nitrogens with zero attached hydrogens (tertiary/aromatic N) is 2. The Morgan fingerprint density at radius 2 is 2.17 bits per heavy atom. The van der Waals surface area contributed by atoms with E-state index in [2.05, 4.69) is 22.9 Å². The van der Waals surface area contributed by atoms with E-state index < -0.39 is 5.97 Å². The minimum Gasteiger partial charge on any atom is -0.494 e. The van der Waals surface area contributed by atoms with Crippen LogP contribution in [0.4, 0.5) is 5.82 Å². The number of pyridine rings is 1. The monoisotopic (exact) mass is 427 g/mol. The number of hydrogen-bond acceptors (Lipinski definition) is 5. The van der Waals surface area contributed by atoms with Gasteiger partial charge in [-0.25, -0.2) is 4.98 Å². The Balaban J connectivity index is 1.51. The fraction of sp³-hybridized carbons (Fsp3) is 0.435. The molecule has 1 heterocycles. The number of rotatable bonds is 11. The zero-order chi connectivity index (χ0) is 21.5. The third kappa shape index (κ3) is 5.69. The van der Waals surface area contributed by atoms with Crippen LogP contribution >= 0.6 is 12.2 Å². The van der Waals surface area contributed by atoms with Crippen molar-refractivity contribution in [1.29, 1.82) is 0 Å². The Morgan fingerprint density at radius 3 is 2.83 bits per heavy atom. The molecule has 0 spiro atoms. The third-order valence-electron chi connectivity index (χ3n) is 5.43. The molecule has 0 fully saturated rings. The van der Waals surface area contributed by atoms with Gasteiger partial charge in [-0.2, -0.15) is 0 Å². The van der Waals surface area contributed by atoms with Crippen LogP contribution in [0.15, 0.2) is 36.5 Å². The highest BCUT2D eigenvalue weighted by Crippen LogP contribution is 2.37. The van der Waals surface area contributed by atoms with Crippen molar-refractivity contribution in [3.05, 3.63) is 53.2 Å². The van der Waals surface area contributed by atoms with Crippen LogP contribution in [0.25, 0.3) is 0 Å². The number of nitrogens with two attached hydrogens (primary N) is 1. The number of aryl methyl sites for hydroxylation is 1. The van der Waals surface area contributed by atoms with E-state index in [-0.39, 0.29) is 12.3 Å². The molecule has 2 aromatic rings. The molecular formula is C23H29N3O3S. The summed E-state index contributed by atoms with van der Waals surface area (Å²) in [6.45, 7) is 4.53. The molecule has 0 saturated heterocycles. The van der Waals surface area contributed by atoms with Gasteiger partial charge in [-0.05, 0) is 67.0 Å². The Morgan fingerprint density at radius 1 is 1.33 bits per heavy atom. The van der Waals surface area contributed by atoms with Crippen LogP contribution in [0, 0.1) is 0 Å². The molecule has 1 aliphatic rings. The summed E-state index contributed by atoms with van der Waals surface area (Å²) in [4.78, 5) is 18.1. The van der Waals surface area contributed by atoms with Crippen molar-refractivity contribution in [3.8, 4) is 5.75 Å². The van der Waals surface area contributed by atoms with Gasteiger partial charge in [0.2, 0.25) is 0 Å². The van der Waals surface area contributed by atoms with E-state index in [1.165, 1.54) is 5.56 Å². The number of benzene rings is 1. The topological polar surface area (TPSA) is 88.7 Å². The summed E-state index contributed by atoms with van der Waals surface area (Å²) in [7, 11) is 0. The van der Waals surface area contributed by atoms with Crippen LogP contribution in [0.1, 0.15) is 55.2 Å². The smallest absolute Gasteiger partial charge is 0.303 e. The number of carboxylic acids is 1. The molecule has 1 aromatic carbocycles. The molecule has 6 nitrogen and oxygen atoms in total. The van der Waals surface area contributed by atoms with Crippen molar-refractivity contribution in [2.24, 2.45) is 5.73 Å². The van der Waals surface area contributed by atoms with Crippen molar-refractivity contribution in [2.45, 2.75) is 44.9 Å². The minimum absolute atomic E-state index is 0.127. The standard InChI is InChI=1S/C23H29N3O3S/c1-2-10-26(21-9-6-18(15-25-21)23(24)30)11-3-12-29-19-7-8-20-16(13-19)4-5-17(20)14-22(27)28/h6-9,13,15,17H,2-5,10-12,14H2,1H3,(H2,24,30)(H,27,28)/t17-/m0/s1. The highest BCUT2D eigenvalue weighted by molar-refractivity contribution is 7.80. The lowest BCUT2D eigenvalue weighted by Gasteiger charge is -2.23. The van der Waals surface area contributed by atoms with Crippen molar-refractivity contribution >= 4 is 29.0 Å². The second kappa shape index (κ2) is 10.4. The van der Waals surface area contributed by atoms with E-state index in [1.54, 1.807) is 6.20 Å². The lowest BCUT2D eigenvalue weighted by Crippen LogP contribution is -2.27. The second-order valence-corrected chi connectivity index (χ2v) is 8.09. The van der Waals surface area contributed by atoms with E-state index in [1.807, 2.05) is 24.3 Å². The predicted octanol–water partition coefficient (Wildman–Crippen LogP) is 3.91. The largest absolute Gasteiger partial charge is 0.494 e. The molecule has 0 bridgehead atoms. The molecule has 0 saturated carbocycles. The van der Waals surface area contributed by atoms with Crippen LogP contribution in [0.3, 0.4) is 0 Å². The van der Waals surface area contributed by atoms with Crippen molar-refractivity contribution in [2.75, 3.05) is 24.6 Å². The first-order valence-corrected chi connectivity index (χ1v) is 10.9. The molecule has 1 atom stereocenters. The first-order valence-electron chi connectivity index (χ1n) is 10.5. The zero-order valence-electron chi connectivity index (χ0n) is 17.3. The molecule has 0 aliphatic heterocycles. The molecule has 0 radical (unpaired) electrons. The lowest BCUT2D eigenvalue weighted by molar-refractivity contribution is -0.137. The third-order valence-corrected chi connectivity index (χ3v) is 5.66. The quantitative estimate of drug-likeness (QED) is 0.415. The van der Waals surface area contributed by atoms with E-state index in [0.717, 1.165) is 61.5 Å². The first-order chi connectivity index (χ1) is 14.5. The SMILES string of the molecule is CCCN(CCCOc1ccc2c(c1)CC[C@H]2CC(=O)O)c1ccc(C(N)=S)cn1. The maximum Gasteiger partial charge on any atom is 0.303 e. The number of fused-ring (bicyclic) bond motifs is 1. The molecule has 1 aliphatic carbocycles. The average Bonchev–Trinajstić information content (AvgIpc) is 3.11. The van der Waals surface area contributed by atoms with E-state index in [4.69, 9.17) is 27.8 Å². The summed E-state index contributed by atoms with van der Waals surface area (Å²) in [6.07, 6.45) is 5.64. The summed E-state index contributed by atoms with van der Waals surface area (Å²) in [5.41, 5.74) is 8.80. The molecule has 7 heteroatoms. The van der Waals surface area contributed by atoms with E-state index in [9.17, 15) is 4.79 Å². The second-order valence-electron chi connectivity index (χ2n) is 7.65. The molecule has 3 N–H and O–H groups in total. The summed E-state index contributed by atoms with van der Waals surface area (Å²) in [5, 5.41) is 9.06. The van der Waals surface area contributed by atoms with E-state index in [0.29, 0.717) is 11.6 Å². The first kappa shape index (κ1) is 22.0. The van der Waals surface area contributed by atoms with Gasteiger partial charge in [-0.3, -0.25) is 4.79 Å². The summed E-state index contributed by atoms with van der Waals surface area (Å²) < 4.78 is 5.97. The molecular weight excluding hydrogens is 398 g/mol. The molecule has 0 unspecified atom stereocenters. The number of carbonyl (C=O) groups is 1. The van der Waals surface area contributed by atoms with Crippen LogP contribution < -0.4 is 15.4 Å². The van der Waals surface area contributed by atoms with Crippen LogP contribution in [-0.2, 0) is 11.2 Å². The van der Waals surface area contributed by atoms with E-state index >= 15 is 0 Å². The maximum atomic E-state index is 11.0. The average molecular weight is 428 g/mol. The number of carboxylic acid groups (broad SMARTS) is 1. The van der Waals surface area contributed by atoms with Gasteiger partial charge in [0, 0.05) is 24.8 Å². The van der Waals surface area contributed by atoms with Gasteiger partial charge in [0.15, 0.2) is 0 Å². The number of aromatic nitrogens is 1. The van der Waals surface area contributed by atoms with Gasteiger partial charge in [-0.15, -0.1) is 0 Å². The number of anilines is 1. The molecule has 1 aromatic heterocycles. The Kier molecular flexibility index (Phi) is 7.63. The predicted molar refractivity (Wildman–Crippen MR) is 122 cm³/mol. The van der Waals surface area contributed by atoms with Crippen LogP contribution in [-0.4, -0.2) is 40.7 Å². The van der Waals surface area contributed by atoms with Gasteiger partial charge in [0.05, 0.1) is 13.0 Å². The Labute approximate surface area is 183 Å². The molecule has 3 rings (SSSR count). The summed E-state index contributed by atoms with van der Waals surface area (Å²) >= 11 is 4.99. The van der Waals surface area contributed by atoms with Gasteiger partial charge in [0.1, 0.15) is 16.6 Å². The lowest BCUT2D eigenvalue weighted by atomic mass is 9.98. The van der Waals surface area contributed by atoms with Gasteiger partial charge >= 0.3 is 5.97 Å². The fourth-order valence-corrected chi connectivity index (χ4v) is 4.09. The maximum absolute atomic E-state index is 11.0. The number of aliphatic carboxylic acids is 1. The summed E-state index contributed by atoms with van der Waals surface area (Å²) in [5.74, 6) is 1.16. The van der Waals surface area contributed by atoms with Crippen LogP contribution in [0.5, 0.6) is 5.75 Å². The van der Waals surface area contributed by atoms with Gasteiger partial charge < -0.3 is 20.5 Å². The van der Waals surface area contributed by atoms with Crippen molar-refractivity contribution in [3.63, 3.8) is 0 Å². The number of thiocarbonyl (C=S) groups is 1. The number of hydrogen-bond donors (Lipinski definition) is 2. The Hall–Kier alpha value is -2.67. The van der Waals surface area contributed by atoms with Gasteiger partial charge in [-0.1, -0.05) is 25.2 Å². The van der Waals surface area contributed by atoms with Crippen molar-refractivity contribution in [1.82, 2.24) is 4.98 Å². The molecule has 160 valence electrons. The normalized spacial score (nSPS) is 14.9. The Bertz CT molecular complexity index is 886. The van der Waals surface area contributed by atoms with Crippen LogP contribution in [0.2, 0.25) is 0 Å². The highest BCUT2D eigenvalue weighted by Gasteiger charge is 2.24. The van der Waals surface area contributed by atoms with Gasteiger partial charge in [0.25, 0.3) is 0 Å². The zero-order valence-corrected chi connectivity index (χ0v) is 18.2.